The molecule has 166 valence electrons. The van der Waals surface area contributed by atoms with Crippen LogP contribution in [0.5, 0.6) is 0 Å². The largest absolute Gasteiger partial charge is 0.463 e. The van der Waals surface area contributed by atoms with Crippen LogP contribution in [0.1, 0.15) is 41.5 Å². The number of imide groups is 1. The topological polar surface area (TPSA) is 126 Å². The molecule has 0 bridgehead atoms. The number of ether oxygens (including phenoxy) is 4. The van der Waals surface area contributed by atoms with Crippen molar-refractivity contribution in [3.63, 3.8) is 0 Å². The summed E-state index contributed by atoms with van der Waals surface area (Å²) >= 11 is 3.30. The van der Waals surface area contributed by atoms with Gasteiger partial charge in [0.25, 0.3) is 11.8 Å². The van der Waals surface area contributed by atoms with Gasteiger partial charge in [0.1, 0.15) is 23.8 Å². The van der Waals surface area contributed by atoms with Crippen molar-refractivity contribution < 1.29 is 42.9 Å². The molecule has 3 rings (SSSR count). The van der Waals surface area contributed by atoms with Crippen molar-refractivity contribution in [2.45, 2.75) is 50.1 Å². The summed E-state index contributed by atoms with van der Waals surface area (Å²) in [7, 11) is 0. The van der Waals surface area contributed by atoms with E-state index >= 15 is 0 Å². The number of nitrogens with zero attached hydrogens (tertiary/aromatic N) is 1. The van der Waals surface area contributed by atoms with Gasteiger partial charge in [0.2, 0.25) is 0 Å². The Kier molecular flexibility index (Phi) is 6.75. The lowest BCUT2D eigenvalue weighted by atomic mass is 9.96. The van der Waals surface area contributed by atoms with E-state index in [-0.39, 0.29) is 17.7 Å². The number of fused-ring (bicyclic) bond motifs is 1. The average molecular weight is 498 g/mol. The highest BCUT2D eigenvalue weighted by molar-refractivity contribution is 9.09. The first kappa shape index (κ1) is 22.9. The Balaban J connectivity index is 2.01. The predicted molar refractivity (Wildman–Crippen MR) is 106 cm³/mol. The number of hydrogen-bond acceptors (Lipinski definition) is 9. The maximum Gasteiger partial charge on any atom is 0.303 e. The Morgan fingerprint density at radius 1 is 0.935 bits per heavy atom. The molecule has 0 spiro atoms. The molecule has 0 unspecified atom stereocenters. The minimum atomic E-state index is -1.28. The van der Waals surface area contributed by atoms with E-state index in [4.69, 9.17) is 18.9 Å². The fourth-order valence-corrected chi connectivity index (χ4v) is 4.43. The summed E-state index contributed by atoms with van der Waals surface area (Å²) in [6, 6.07) is 5.11. The molecular weight excluding hydrogens is 478 g/mol. The van der Waals surface area contributed by atoms with E-state index in [1.807, 2.05) is 0 Å². The van der Waals surface area contributed by atoms with Crippen LogP contribution in [0.2, 0.25) is 0 Å². The number of hydrogen-bond donors (Lipinski definition) is 0. The summed E-state index contributed by atoms with van der Waals surface area (Å²) in [5, 5.41) is -1.01. The van der Waals surface area contributed by atoms with Crippen molar-refractivity contribution in [3.05, 3.63) is 35.4 Å². The zero-order valence-electron chi connectivity index (χ0n) is 16.9. The highest BCUT2D eigenvalue weighted by Gasteiger charge is 2.56. The van der Waals surface area contributed by atoms with Gasteiger partial charge < -0.3 is 18.9 Å². The maximum absolute atomic E-state index is 13.0. The number of rotatable bonds is 5. The van der Waals surface area contributed by atoms with Crippen LogP contribution in [-0.4, -0.2) is 70.6 Å². The molecule has 2 amide bonds. The van der Waals surface area contributed by atoms with Gasteiger partial charge in [-0.25, -0.2) is 0 Å². The molecule has 2 heterocycles. The second-order valence-corrected chi connectivity index (χ2v) is 7.90. The van der Waals surface area contributed by atoms with Crippen LogP contribution < -0.4 is 0 Å². The maximum atomic E-state index is 13.0. The fraction of sp³-hybridized carbons (Fsp3) is 0.450. The molecule has 2 aliphatic heterocycles. The van der Waals surface area contributed by atoms with Crippen molar-refractivity contribution in [1.82, 2.24) is 4.90 Å². The zero-order chi connectivity index (χ0) is 22.9. The number of amides is 2. The molecule has 0 N–H and O–H groups in total. The highest BCUT2D eigenvalue weighted by Crippen LogP contribution is 2.36. The number of carbonyl (C=O) groups is 5. The monoisotopic (exact) mass is 497 g/mol. The standard InChI is InChI=1S/C20H20BrNO9/c1-9(23)28-8-14-16(29-10(2)24)17(30-11(3)25)15(18(21)31-14)22-19(26)12-6-4-5-7-13(12)20(22)27/h4-7,14-18H,8H2,1-3H3/t14-,15+,16+,17-,18+/m1/s1. The van der Waals surface area contributed by atoms with Crippen LogP contribution in [0.25, 0.3) is 0 Å². The summed E-state index contributed by atoms with van der Waals surface area (Å²) in [6.07, 6.45) is -3.54. The van der Waals surface area contributed by atoms with Crippen LogP contribution in [0, 0.1) is 0 Å². The van der Waals surface area contributed by atoms with Crippen molar-refractivity contribution in [1.29, 1.82) is 0 Å². The predicted octanol–water partition coefficient (Wildman–Crippen LogP) is 1.20. The number of alkyl halides is 1. The molecule has 1 fully saturated rings. The molecule has 2 aliphatic rings. The van der Waals surface area contributed by atoms with Gasteiger partial charge in [-0.15, -0.1) is 0 Å². The van der Waals surface area contributed by atoms with E-state index in [1.165, 1.54) is 19.1 Å². The van der Waals surface area contributed by atoms with E-state index in [1.54, 1.807) is 12.1 Å². The summed E-state index contributed by atoms with van der Waals surface area (Å²) in [4.78, 5) is 61.9. The van der Waals surface area contributed by atoms with Crippen LogP contribution in [-0.2, 0) is 33.3 Å². The summed E-state index contributed by atoms with van der Waals surface area (Å²) in [6.45, 7) is 3.18. The van der Waals surface area contributed by atoms with Gasteiger partial charge >= 0.3 is 17.9 Å². The normalized spacial score (nSPS) is 27.5. The number of carbonyl (C=O) groups excluding carboxylic acids is 5. The molecule has 11 heteroatoms. The van der Waals surface area contributed by atoms with E-state index in [0.29, 0.717) is 0 Å². The highest BCUT2D eigenvalue weighted by atomic mass is 79.9. The first-order chi connectivity index (χ1) is 14.6. The molecule has 0 aliphatic carbocycles. The van der Waals surface area contributed by atoms with Crippen LogP contribution in [0.4, 0.5) is 0 Å². The van der Waals surface area contributed by atoms with Gasteiger partial charge in [-0.2, -0.15) is 0 Å². The number of esters is 3. The Morgan fingerprint density at radius 3 is 1.94 bits per heavy atom. The summed E-state index contributed by atoms with van der Waals surface area (Å²) in [5.41, 5.74) is 0.389. The molecule has 5 atom stereocenters. The minimum Gasteiger partial charge on any atom is -0.463 e. The van der Waals surface area contributed by atoms with E-state index in [9.17, 15) is 24.0 Å². The lowest BCUT2D eigenvalue weighted by Crippen LogP contribution is -2.65. The molecular formula is C20H20BrNO9. The third-order valence-electron chi connectivity index (χ3n) is 4.78. The zero-order valence-corrected chi connectivity index (χ0v) is 18.5. The Labute approximate surface area is 185 Å². The summed E-state index contributed by atoms with van der Waals surface area (Å²) < 4.78 is 21.5. The second-order valence-electron chi connectivity index (χ2n) is 6.99. The molecule has 0 aromatic heterocycles. The molecule has 0 saturated carbocycles. The van der Waals surface area contributed by atoms with Gasteiger partial charge in [-0.1, -0.05) is 28.1 Å². The minimum absolute atomic E-state index is 0.194. The van der Waals surface area contributed by atoms with Gasteiger partial charge in [-0.3, -0.25) is 28.9 Å². The van der Waals surface area contributed by atoms with E-state index in [0.717, 1.165) is 18.7 Å². The molecule has 31 heavy (non-hydrogen) atoms. The van der Waals surface area contributed by atoms with E-state index in [2.05, 4.69) is 15.9 Å². The third-order valence-corrected chi connectivity index (χ3v) is 5.54. The van der Waals surface area contributed by atoms with Crippen LogP contribution in [0.15, 0.2) is 24.3 Å². The lowest BCUT2D eigenvalue weighted by molar-refractivity contribution is -0.216. The number of benzene rings is 1. The smallest absolute Gasteiger partial charge is 0.303 e. The Bertz CT molecular complexity index is 898. The van der Waals surface area contributed by atoms with Crippen molar-refractivity contribution >= 4 is 45.7 Å². The van der Waals surface area contributed by atoms with Gasteiger partial charge in [0, 0.05) is 20.8 Å². The molecule has 1 saturated heterocycles. The molecule has 1 aromatic rings. The summed E-state index contributed by atoms with van der Waals surface area (Å²) in [5.74, 6) is -3.24. The third kappa shape index (κ3) is 4.62. The fourth-order valence-electron chi connectivity index (χ4n) is 3.62. The van der Waals surface area contributed by atoms with Crippen molar-refractivity contribution in [2.24, 2.45) is 0 Å². The van der Waals surface area contributed by atoms with Crippen LogP contribution in [0.3, 0.4) is 0 Å². The van der Waals surface area contributed by atoms with Gasteiger partial charge in [0.05, 0.1) is 11.1 Å². The SMILES string of the molecule is CC(=O)OC[C@H]1O[C@H](Br)[C@@H](N2C(=O)c3ccccc3C2=O)[C@@H](OC(C)=O)[C@H]1OC(C)=O. The van der Waals surface area contributed by atoms with Crippen LogP contribution >= 0.6 is 15.9 Å². The molecule has 1 aromatic carbocycles. The van der Waals surface area contributed by atoms with Gasteiger partial charge in [-0.05, 0) is 12.1 Å². The molecule has 10 nitrogen and oxygen atoms in total. The average Bonchev–Trinajstić information content (AvgIpc) is 2.93. The first-order valence-electron chi connectivity index (χ1n) is 9.36. The Morgan fingerprint density at radius 2 is 1.45 bits per heavy atom. The lowest BCUT2D eigenvalue weighted by Gasteiger charge is -2.45. The quantitative estimate of drug-likeness (QED) is 0.255. The van der Waals surface area contributed by atoms with Crippen molar-refractivity contribution in [3.8, 4) is 0 Å². The molecule has 0 radical (unpaired) electrons. The van der Waals surface area contributed by atoms with E-state index < -0.39 is 59.1 Å². The Hall–Kier alpha value is -2.79. The van der Waals surface area contributed by atoms with Crippen molar-refractivity contribution in [2.75, 3.05) is 6.61 Å². The number of halogens is 1. The first-order valence-corrected chi connectivity index (χ1v) is 10.3. The van der Waals surface area contributed by atoms with Gasteiger partial charge in [0.15, 0.2) is 12.2 Å². The second kappa shape index (κ2) is 9.15.